The molecule has 0 atom stereocenters. The number of hydrogen-bond donors (Lipinski definition) is 0. The van der Waals surface area contributed by atoms with Crippen LogP contribution in [0.25, 0.3) is 6.08 Å². The maximum absolute atomic E-state index is 4.00. The van der Waals surface area contributed by atoms with Gasteiger partial charge in [0.1, 0.15) is 0 Å². The van der Waals surface area contributed by atoms with Crippen LogP contribution in [0.2, 0.25) is 0 Å². The summed E-state index contributed by atoms with van der Waals surface area (Å²) in [5.41, 5.74) is 4.23. The standard InChI is InChI=1S/C20H31Br/c1-4-7-9-11-13-18-16-20(21)19(15-17(18)6-3)14-12-10-8-5-2/h6,15-16H,3-5,7-14H2,1-2H3. The molecule has 0 saturated carbocycles. The zero-order valence-electron chi connectivity index (χ0n) is 13.9. The van der Waals surface area contributed by atoms with Crippen molar-refractivity contribution < 1.29 is 0 Å². The molecule has 1 aromatic rings. The Hall–Kier alpha value is -0.560. The predicted molar refractivity (Wildman–Crippen MR) is 99.9 cm³/mol. The third-order valence-corrected chi connectivity index (χ3v) is 4.87. The highest BCUT2D eigenvalue weighted by Gasteiger charge is 2.07. The smallest absolute Gasteiger partial charge is 0.0210 e. The number of halogens is 1. The van der Waals surface area contributed by atoms with Crippen LogP contribution < -0.4 is 0 Å². The maximum Gasteiger partial charge on any atom is 0.0210 e. The first-order valence-corrected chi connectivity index (χ1v) is 9.45. The lowest BCUT2D eigenvalue weighted by atomic mass is 9.96. The summed E-state index contributed by atoms with van der Waals surface area (Å²) in [6.07, 6.45) is 14.9. The van der Waals surface area contributed by atoms with Gasteiger partial charge in [0.25, 0.3) is 0 Å². The number of aryl methyl sites for hydroxylation is 2. The fourth-order valence-corrected chi connectivity index (χ4v) is 3.35. The van der Waals surface area contributed by atoms with E-state index in [2.05, 4.69) is 48.5 Å². The Labute approximate surface area is 140 Å². The van der Waals surface area contributed by atoms with E-state index in [0.717, 1.165) is 0 Å². The van der Waals surface area contributed by atoms with Gasteiger partial charge < -0.3 is 0 Å². The minimum atomic E-state index is 1.18. The van der Waals surface area contributed by atoms with Crippen LogP contribution in [0.1, 0.15) is 81.9 Å². The Kier molecular flexibility index (Phi) is 9.74. The Morgan fingerprint density at radius 3 is 1.95 bits per heavy atom. The van der Waals surface area contributed by atoms with Gasteiger partial charge in [-0.3, -0.25) is 0 Å². The van der Waals surface area contributed by atoms with Crippen molar-refractivity contribution in [3.63, 3.8) is 0 Å². The quantitative estimate of drug-likeness (QED) is 0.366. The topological polar surface area (TPSA) is 0 Å². The zero-order valence-corrected chi connectivity index (χ0v) is 15.5. The first-order chi connectivity index (χ1) is 10.2. The second-order valence-electron chi connectivity index (χ2n) is 5.97. The third-order valence-electron chi connectivity index (χ3n) is 4.13. The summed E-state index contributed by atoms with van der Waals surface area (Å²) in [5.74, 6) is 0. The molecule has 0 aliphatic rings. The molecule has 0 aliphatic heterocycles. The van der Waals surface area contributed by atoms with E-state index in [1.807, 2.05) is 6.08 Å². The van der Waals surface area contributed by atoms with E-state index in [9.17, 15) is 0 Å². The van der Waals surface area contributed by atoms with E-state index >= 15 is 0 Å². The monoisotopic (exact) mass is 350 g/mol. The SMILES string of the molecule is C=Cc1cc(CCCCCC)c(Br)cc1CCCCCC. The van der Waals surface area contributed by atoms with Gasteiger partial charge in [0, 0.05) is 4.47 Å². The van der Waals surface area contributed by atoms with Gasteiger partial charge in [-0.25, -0.2) is 0 Å². The Balaban J connectivity index is 2.65. The average molecular weight is 351 g/mol. The van der Waals surface area contributed by atoms with E-state index in [-0.39, 0.29) is 0 Å². The average Bonchev–Trinajstić information content (AvgIpc) is 2.49. The van der Waals surface area contributed by atoms with Gasteiger partial charge in [0.2, 0.25) is 0 Å². The van der Waals surface area contributed by atoms with Crippen LogP contribution in [0.15, 0.2) is 23.2 Å². The Morgan fingerprint density at radius 1 is 0.857 bits per heavy atom. The fourth-order valence-electron chi connectivity index (χ4n) is 2.76. The van der Waals surface area contributed by atoms with Crippen LogP contribution in [0, 0.1) is 0 Å². The molecular formula is C20H31Br. The first kappa shape index (κ1) is 18.5. The highest BCUT2D eigenvalue weighted by Crippen LogP contribution is 2.26. The van der Waals surface area contributed by atoms with Crippen LogP contribution in [-0.2, 0) is 12.8 Å². The summed E-state index contributed by atoms with van der Waals surface area (Å²) in [6.45, 7) is 8.53. The van der Waals surface area contributed by atoms with Crippen molar-refractivity contribution in [2.45, 2.75) is 78.1 Å². The van der Waals surface area contributed by atoms with Gasteiger partial charge in [0.05, 0.1) is 0 Å². The summed E-state index contributed by atoms with van der Waals surface area (Å²) in [5, 5.41) is 0. The number of benzene rings is 1. The van der Waals surface area contributed by atoms with Crippen molar-refractivity contribution in [2.75, 3.05) is 0 Å². The van der Waals surface area contributed by atoms with Crippen molar-refractivity contribution in [1.82, 2.24) is 0 Å². The third kappa shape index (κ3) is 6.82. The first-order valence-electron chi connectivity index (χ1n) is 8.66. The molecule has 21 heavy (non-hydrogen) atoms. The van der Waals surface area contributed by atoms with E-state index in [0.29, 0.717) is 0 Å². The highest BCUT2D eigenvalue weighted by atomic mass is 79.9. The summed E-state index contributed by atoms with van der Waals surface area (Å²) >= 11 is 3.77. The second-order valence-corrected chi connectivity index (χ2v) is 6.82. The van der Waals surface area contributed by atoms with Crippen molar-refractivity contribution in [1.29, 1.82) is 0 Å². The molecule has 0 saturated heterocycles. The van der Waals surface area contributed by atoms with Gasteiger partial charge in [0.15, 0.2) is 0 Å². The minimum absolute atomic E-state index is 1.18. The van der Waals surface area contributed by atoms with Crippen molar-refractivity contribution >= 4 is 22.0 Å². The summed E-state index contributed by atoms with van der Waals surface area (Å²) in [7, 11) is 0. The Morgan fingerprint density at radius 2 is 1.43 bits per heavy atom. The van der Waals surface area contributed by atoms with Crippen LogP contribution in [0.5, 0.6) is 0 Å². The molecule has 118 valence electrons. The molecule has 0 amide bonds. The molecule has 1 aromatic carbocycles. The molecule has 0 aromatic heterocycles. The van der Waals surface area contributed by atoms with Crippen LogP contribution >= 0.6 is 15.9 Å². The molecule has 0 radical (unpaired) electrons. The molecule has 0 fully saturated rings. The van der Waals surface area contributed by atoms with Crippen LogP contribution in [0.3, 0.4) is 0 Å². The molecule has 0 nitrogen and oxygen atoms in total. The number of hydrogen-bond acceptors (Lipinski definition) is 0. The Bertz CT molecular complexity index is 420. The van der Waals surface area contributed by atoms with Crippen molar-refractivity contribution in [3.05, 3.63) is 39.9 Å². The molecule has 0 aliphatic carbocycles. The fraction of sp³-hybridized carbons (Fsp3) is 0.600. The number of unbranched alkanes of at least 4 members (excludes halogenated alkanes) is 6. The normalized spacial score (nSPS) is 10.8. The lowest BCUT2D eigenvalue weighted by Gasteiger charge is -2.12. The van der Waals surface area contributed by atoms with E-state index in [1.54, 1.807) is 0 Å². The van der Waals surface area contributed by atoms with Gasteiger partial charge in [-0.1, -0.05) is 87.0 Å². The minimum Gasteiger partial charge on any atom is -0.0985 e. The van der Waals surface area contributed by atoms with Crippen molar-refractivity contribution in [2.24, 2.45) is 0 Å². The molecule has 0 N–H and O–H groups in total. The summed E-state index contributed by atoms with van der Waals surface area (Å²) in [4.78, 5) is 0. The lowest BCUT2D eigenvalue weighted by Crippen LogP contribution is -1.95. The molecule has 0 spiro atoms. The molecular weight excluding hydrogens is 320 g/mol. The number of rotatable bonds is 11. The summed E-state index contributed by atoms with van der Waals surface area (Å²) < 4.78 is 1.29. The van der Waals surface area contributed by atoms with Gasteiger partial charge >= 0.3 is 0 Å². The maximum atomic E-state index is 4.00. The predicted octanol–water partition coefficient (Wildman–Crippen LogP) is 7.34. The molecule has 1 rings (SSSR count). The largest absolute Gasteiger partial charge is 0.0985 e. The van der Waals surface area contributed by atoms with Crippen LogP contribution in [0.4, 0.5) is 0 Å². The molecule has 0 bridgehead atoms. The van der Waals surface area contributed by atoms with Gasteiger partial charge in [-0.15, -0.1) is 0 Å². The van der Waals surface area contributed by atoms with Gasteiger partial charge in [-0.2, -0.15) is 0 Å². The highest BCUT2D eigenvalue weighted by molar-refractivity contribution is 9.10. The summed E-state index contributed by atoms with van der Waals surface area (Å²) in [6, 6.07) is 4.68. The molecule has 0 heterocycles. The van der Waals surface area contributed by atoms with E-state index in [4.69, 9.17) is 0 Å². The second kappa shape index (κ2) is 11.1. The van der Waals surface area contributed by atoms with Crippen molar-refractivity contribution in [3.8, 4) is 0 Å². The lowest BCUT2D eigenvalue weighted by molar-refractivity contribution is 0.662. The zero-order chi connectivity index (χ0) is 15.5. The van der Waals surface area contributed by atoms with Crippen LogP contribution in [-0.4, -0.2) is 0 Å². The van der Waals surface area contributed by atoms with Gasteiger partial charge in [-0.05, 0) is 48.4 Å². The molecule has 0 unspecified atom stereocenters. The van der Waals surface area contributed by atoms with E-state index in [1.165, 1.54) is 85.4 Å². The van der Waals surface area contributed by atoms with E-state index < -0.39 is 0 Å². The molecule has 1 heteroatoms.